The van der Waals surface area contributed by atoms with Crippen LogP contribution in [0.15, 0.2) is 18.2 Å². The summed E-state index contributed by atoms with van der Waals surface area (Å²) in [6.45, 7) is 4.38. The van der Waals surface area contributed by atoms with E-state index in [1.807, 2.05) is 13.8 Å². The monoisotopic (exact) mass is 298 g/mol. The van der Waals surface area contributed by atoms with Gasteiger partial charge in [0.05, 0.1) is 6.61 Å². The van der Waals surface area contributed by atoms with Crippen molar-refractivity contribution < 1.29 is 9.05 Å². The number of hydrogen-bond donors (Lipinski definition) is 0. The van der Waals surface area contributed by atoms with E-state index in [0.29, 0.717) is 17.4 Å². The molecule has 1 aromatic rings. The molecule has 90 valence electrons. The number of hydrogen-bond acceptors (Lipinski definition) is 3. The third kappa shape index (κ3) is 4.60. The Morgan fingerprint density at radius 1 is 1.44 bits per heavy atom. The van der Waals surface area contributed by atoms with Gasteiger partial charge >= 0.3 is 5.84 Å². The van der Waals surface area contributed by atoms with E-state index >= 15 is 0 Å². The van der Waals surface area contributed by atoms with E-state index in [-0.39, 0.29) is 0 Å². The van der Waals surface area contributed by atoms with Crippen LogP contribution in [0.4, 0.5) is 0 Å². The normalized spacial score (nSPS) is 14.5. The summed E-state index contributed by atoms with van der Waals surface area (Å²) in [6.07, 6.45) is 0.855. The van der Waals surface area contributed by atoms with Gasteiger partial charge in [-0.3, -0.25) is 0 Å². The maximum atomic E-state index is 5.99. The Morgan fingerprint density at radius 2 is 2.12 bits per heavy atom. The molecule has 0 radical (unpaired) electrons. The summed E-state index contributed by atoms with van der Waals surface area (Å²) in [5, 5.41) is 0.685. The van der Waals surface area contributed by atoms with Gasteiger partial charge in [0, 0.05) is 5.02 Å². The highest BCUT2D eigenvalue weighted by molar-refractivity contribution is 8.22. The average molecular weight is 299 g/mol. The van der Waals surface area contributed by atoms with Crippen LogP contribution in [-0.4, -0.2) is 6.61 Å². The number of benzene rings is 1. The number of rotatable bonds is 5. The summed E-state index contributed by atoms with van der Waals surface area (Å²) < 4.78 is 10.7. The quantitative estimate of drug-likeness (QED) is 0.719. The highest BCUT2D eigenvalue weighted by atomic mass is 35.7. The van der Waals surface area contributed by atoms with Gasteiger partial charge in [-0.05, 0) is 60.2 Å². The van der Waals surface area contributed by atoms with Crippen molar-refractivity contribution in [2.75, 3.05) is 6.61 Å². The standard InChI is InChI=1S/C10H13Cl2O2PS/c1-3-6-13-15(12,16)14-9-4-5-10(11)8(2)7-9/h4-5,7H,3,6H2,1-2H3. The Kier molecular flexibility index (Phi) is 5.55. The molecule has 1 unspecified atom stereocenters. The van der Waals surface area contributed by atoms with Crippen LogP contribution in [0.3, 0.4) is 0 Å². The number of aryl methyl sites for hydroxylation is 1. The van der Waals surface area contributed by atoms with Gasteiger partial charge < -0.3 is 9.05 Å². The minimum absolute atomic E-state index is 0.507. The molecule has 0 fully saturated rings. The van der Waals surface area contributed by atoms with Crippen LogP contribution in [0.25, 0.3) is 0 Å². The second kappa shape index (κ2) is 6.23. The Bertz CT molecular complexity index is 412. The van der Waals surface area contributed by atoms with Gasteiger partial charge in [-0.25, -0.2) is 0 Å². The van der Waals surface area contributed by atoms with Crippen LogP contribution in [0.5, 0.6) is 5.75 Å². The molecule has 1 atom stereocenters. The Morgan fingerprint density at radius 3 is 2.69 bits per heavy atom. The molecule has 0 N–H and O–H groups in total. The van der Waals surface area contributed by atoms with Crippen molar-refractivity contribution in [3.05, 3.63) is 28.8 Å². The van der Waals surface area contributed by atoms with E-state index in [1.54, 1.807) is 18.2 Å². The van der Waals surface area contributed by atoms with Crippen molar-refractivity contribution in [2.24, 2.45) is 0 Å². The van der Waals surface area contributed by atoms with Gasteiger partial charge in [-0.15, -0.1) is 0 Å². The first kappa shape index (κ1) is 14.3. The fourth-order valence-electron chi connectivity index (χ4n) is 1.03. The van der Waals surface area contributed by atoms with Crippen molar-refractivity contribution in [2.45, 2.75) is 20.3 Å². The van der Waals surface area contributed by atoms with Gasteiger partial charge in [0.2, 0.25) is 0 Å². The number of halogens is 2. The summed E-state index contributed by atoms with van der Waals surface area (Å²) >= 11 is 17.0. The minimum atomic E-state index is -2.70. The Balaban J connectivity index is 2.72. The van der Waals surface area contributed by atoms with Crippen LogP contribution >= 0.6 is 28.7 Å². The predicted octanol–water partition coefficient (Wildman–Crippen LogP) is 4.92. The lowest BCUT2D eigenvalue weighted by Crippen LogP contribution is -1.94. The third-order valence-corrected chi connectivity index (χ3v) is 4.18. The predicted molar refractivity (Wildman–Crippen MR) is 73.2 cm³/mol. The van der Waals surface area contributed by atoms with Crippen molar-refractivity contribution in [1.29, 1.82) is 0 Å². The average Bonchev–Trinajstić information content (AvgIpc) is 2.20. The highest BCUT2D eigenvalue weighted by Gasteiger charge is 2.16. The molecule has 0 spiro atoms. The SMILES string of the molecule is CCCOP(=S)(Cl)Oc1ccc(Cl)c(C)c1. The van der Waals surface area contributed by atoms with Crippen molar-refractivity contribution in [3.8, 4) is 5.75 Å². The molecular formula is C10H13Cl2O2PS. The van der Waals surface area contributed by atoms with Crippen LogP contribution in [0, 0.1) is 6.92 Å². The van der Waals surface area contributed by atoms with Gasteiger partial charge in [0.25, 0.3) is 0 Å². The van der Waals surface area contributed by atoms with Crippen LogP contribution < -0.4 is 4.52 Å². The van der Waals surface area contributed by atoms with Gasteiger partial charge in [-0.2, -0.15) is 0 Å². The van der Waals surface area contributed by atoms with Crippen LogP contribution in [0.1, 0.15) is 18.9 Å². The summed E-state index contributed by atoms with van der Waals surface area (Å²) in [5.41, 5.74) is 0.918. The molecule has 0 aromatic heterocycles. The Labute approximate surface area is 111 Å². The molecular weight excluding hydrogens is 286 g/mol. The molecule has 0 saturated carbocycles. The smallest absolute Gasteiger partial charge is 0.332 e. The van der Waals surface area contributed by atoms with Gasteiger partial charge in [0.1, 0.15) is 5.75 Å². The summed E-state index contributed by atoms with van der Waals surface area (Å²) in [4.78, 5) is 0. The fourth-order valence-corrected chi connectivity index (χ4v) is 2.89. The largest absolute Gasteiger partial charge is 0.433 e. The molecule has 1 aromatic carbocycles. The van der Waals surface area contributed by atoms with Crippen molar-refractivity contribution in [3.63, 3.8) is 0 Å². The third-order valence-electron chi connectivity index (χ3n) is 1.79. The zero-order valence-corrected chi connectivity index (χ0v) is 12.3. The molecule has 16 heavy (non-hydrogen) atoms. The molecule has 0 amide bonds. The summed E-state index contributed by atoms with van der Waals surface area (Å²) in [7, 11) is 0. The zero-order chi connectivity index (χ0) is 12.2. The maximum absolute atomic E-state index is 5.99. The van der Waals surface area contributed by atoms with Crippen molar-refractivity contribution in [1.82, 2.24) is 0 Å². The van der Waals surface area contributed by atoms with E-state index < -0.39 is 5.84 Å². The highest BCUT2D eigenvalue weighted by Crippen LogP contribution is 2.53. The topological polar surface area (TPSA) is 18.5 Å². The van der Waals surface area contributed by atoms with Crippen LogP contribution in [0.2, 0.25) is 5.02 Å². The van der Waals surface area contributed by atoms with Gasteiger partial charge in [-0.1, -0.05) is 18.5 Å². The van der Waals surface area contributed by atoms with Gasteiger partial charge in [0.15, 0.2) is 0 Å². The summed E-state index contributed by atoms with van der Waals surface area (Å²) in [5.74, 6) is -2.11. The minimum Gasteiger partial charge on any atom is -0.433 e. The fraction of sp³-hybridized carbons (Fsp3) is 0.400. The van der Waals surface area contributed by atoms with Crippen molar-refractivity contribution >= 4 is 40.5 Å². The first-order chi connectivity index (χ1) is 7.44. The molecule has 2 nitrogen and oxygen atoms in total. The molecule has 0 heterocycles. The van der Waals surface area contributed by atoms with E-state index in [0.717, 1.165) is 12.0 Å². The van der Waals surface area contributed by atoms with Crippen LogP contribution in [-0.2, 0) is 16.3 Å². The molecule has 1 rings (SSSR count). The maximum Gasteiger partial charge on any atom is 0.332 e. The molecule has 0 aliphatic rings. The van der Waals surface area contributed by atoms with E-state index in [4.69, 9.17) is 43.7 Å². The second-order valence-corrected chi connectivity index (χ2v) is 8.35. The lowest BCUT2D eigenvalue weighted by molar-refractivity contribution is 0.322. The molecule has 0 bridgehead atoms. The van der Waals surface area contributed by atoms with E-state index in [2.05, 4.69) is 0 Å². The molecule has 0 aliphatic carbocycles. The van der Waals surface area contributed by atoms with E-state index in [9.17, 15) is 0 Å². The molecule has 0 aliphatic heterocycles. The van der Waals surface area contributed by atoms with E-state index in [1.165, 1.54) is 0 Å². The summed E-state index contributed by atoms with van der Waals surface area (Å²) in [6, 6.07) is 5.27. The molecule has 6 heteroatoms. The molecule has 0 saturated heterocycles. The zero-order valence-electron chi connectivity index (χ0n) is 9.07. The first-order valence-electron chi connectivity index (χ1n) is 4.84. The second-order valence-electron chi connectivity index (χ2n) is 3.27. The lowest BCUT2D eigenvalue weighted by Gasteiger charge is -2.16. The Hall–Kier alpha value is 0.210. The first-order valence-corrected chi connectivity index (χ1v) is 8.76. The lowest BCUT2D eigenvalue weighted by atomic mass is 10.2.